The van der Waals surface area contributed by atoms with Crippen LogP contribution in [-0.2, 0) is 4.74 Å². The third-order valence-corrected chi connectivity index (χ3v) is 3.13. The summed E-state index contributed by atoms with van der Waals surface area (Å²) in [6, 6.07) is 0.669. The van der Waals surface area contributed by atoms with Crippen LogP contribution in [0.3, 0.4) is 0 Å². The smallest absolute Gasteiger partial charge is 0.204 e. The second-order valence-electron chi connectivity index (χ2n) is 4.55. The van der Waals surface area contributed by atoms with Crippen LogP contribution >= 0.6 is 0 Å². The molecule has 0 radical (unpaired) electrons. The maximum absolute atomic E-state index is 13.8. The van der Waals surface area contributed by atoms with E-state index in [4.69, 9.17) is 9.47 Å². The number of hydrogen-bond acceptors (Lipinski definition) is 3. The average Bonchev–Trinajstić information content (AvgIpc) is 2.48. The Morgan fingerprint density at radius 2 is 2.10 bits per heavy atom. The Bertz CT molecular complexity index is 511. The van der Waals surface area contributed by atoms with Gasteiger partial charge in [-0.15, -0.1) is 0 Å². The summed E-state index contributed by atoms with van der Waals surface area (Å²) in [6.45, 7) is 2.00. The van der Waals surface area contributed by atoms with Crippen LogP contribution in [0.1, 0.15) is 43.0 Å². The van der Waals surface area contributed by atoms with Gasteiger partial charge in [-0.2, -0.15) is 4.39 Å². The lowest BCUT2D eigenvalue weighted by Gasteiger charge is -2.24. The van der Waals surface area contributed by atoms with Crippen LogP contribution in [0.5, 0.6) is 5.75 Å². The summed E-state index contributed by atoms with van der Waals surface area (Å²) >= 11 is 0. The summed E-state index contributed by atoms with van der Waals surface area (Å²) in [6.07, 6.45) is 1.49. The van der Waals surface area contributed by atoms with Crippen LogP contribution in [0.15, 0.2) is 6.07 Å². The molecule has 0 N–H and O–H groups in total. The molecule has 1 fully saturated rings. The number of hydrogen-bond donors (Lipinski definition) is 0. The number of halogens is 3. The first-order chi connectivity index (χ1) is 9.54. The molecule has 0 aromatic heterocycles. The van der Waals surface area contributed by atoms with Gasteiger partial charge in [0.15, 0.2) is 29.5 Å². The van der Waals surface area contributed by atoms with Crippen LogP contribution in [0.2, 0.25) is 0 Å². The summed E-state index contributed by atoms with van der Waals surface area (Å²) in [5, 5.41) is 0. The fourth-order valence-electron chi connectivity index (χ4n) is 2.03. The minimum atomic E-state index is -1.65. The van der Waals surface area contributed by atoms with Gasteiger partial charge in [0.25, 0.3) is 0 Å². The highest BCUT2D eigenvalue weighted by Gasteiger charge is 2.26. The van der Waals surface area contributed by atoms with Gasteiger partial charge >= 0.3 is 0 Å². The first kappa shape index (κ1) is 14.8. The molecule has 20 heavy (non-hydrogen) atoms. The van der Waals surface area contributed by atoms with E-state index >= 15 is 0 Å². The SMILES string of the molecule is CCC(=O)c1cc(F)c(F)c(F)c1OC1CCCCO1. The van der Waals surface area contributed by atoms with E-state index in [-0.39, 0.29) is 12.0 Å². The largest absolute Gasteiger partial charge is 0.461 e. The summed E-state index contributed by atoms with van der Waals surface area (Å²) in [5.74, 6) is -5.63. The van der Waals surface area contributed by atoms with Gasteiger partial charge in [-0.3, -0.25) is 4.79 Å². The van der Waals surface area contributed by atoms with Gasteiger partial charge in [-0.25, -0.2) is 8.78 Å². The third kappa shape index (κ3) is 2.95. The predicted molar refractivity (Wildman–Crippen MR) is 65.2 cm³/mol. The lowest BCUT2D eigenvalue weighted by molar-refractivity contribution is -0.107. The van der Waals surface area contributed by atoms with Crippen molar-refractivity contribution in [3.63, 3.8) is 0 Å². The standard InChI is InChI=1S/C14H15F3O3/c1-2-10(18)8-7-9(15)12(16)13(17)14(8)20-11-5-3-4-6-19-11/h7,11H,2-6H2,1H3. The van der Waals surface area contributed by atoms with E-state index in [2.05, 4.69) is 0 Å². The van der Waals surface area contributed by atoms with E-state index in [1.165, 1.54) is 0 Å². The van der Waals surface area contributed by atoms with Gasteiger partial charge < -0.3 is 9.47 Å². The zero-order valence-electron chi connectivity index (χ0n) is 11.0. The molecule has 0 bridgehead atoms. The van der Waals surface area contributed by atoms with Crippen molar-refractivity contribution in [1.29, 1.82) is 0 Å². The van der Waals surface area contributed by atoms with E-state index in [1.807, 2.05) is 0 Å². The highest BCUT2D eigenvalue weighted by Crippen LogP contribution is 2.30. The van der Waals surface area contributed by atoms with Gasteiger partial charge in [0.2, 0.25) is 5.82 Å². The van der Waals surface area contributed by atoms with Crippen molar-refractivity contribution in [2.24, 2.45) is 0 Å². The highest BCUT2D eigenvalue weighted by atomic mass is 19.2. The number of Topliss-reactive ketones (excluding diaryl/α,β-unsaturated/α-hetero) is 1. The molecule has 0 amide bonds. The minimum Gasteiger partial charge on any atom is -0.461 e. The predicted octanol–water partition coefficient (Wildman–Crippen LogP) is 3.60. The van der Waals surface area contributed by atoms with Crippen LogP contribution in [0, 0.1) is 17.5 Å². The number of carbonyl (C=O) groups excluding carboxylic acids is 1. The van der Waals surface area contributed by atoms with Crippen molar-refractivity contribution in [3.8, 4) is 5.75 Å². The molecule has 2 rings (SSSR count). The first-order valence-electron chi connectivity index (χ1n) is 6.53. The average molecular weight is 288 g/mol. The molecule has 0 spiro atoms. The van der Waals surface area contributed by atoms with Gasteiger partial charge in [-0.05, 0) is 18.9 Å². The Hall–Kier alpha value is -1.56. The zero-order valence-corrected chi connectivity index (χ0v) is 11.0. The first-order valence-corrected chi connectivity index (χ1v) is 6.53. The van der Waals surface area contributed by atoms with Gasteiger partial charge in [0.1, 0.15) is 0 Å². The molecule has 1 saturated heterocycles. The van der Waals surface area contributed by atoms with Crippen molar-refractivity contribution in [1.82, 2.24) is 0 Å². The number of ether oxygens (including phenoxy) is 2. The molecular formula is C14H15F3O3. The van der Waals surface area contributed by atoms with Gasteiger partial charge in [0, 0.05) is 12.8 Å². The Morgan fingerprint density at radius 1 is 1.35 bits per heavy atom. The molecule has 1 aliphatic heterocycles. The zero-order chi connectivity index (χ0) is 14.7. The van der Waals surface area contributed by atoms with Crippen molar-refractivity contribution >= 4 is 5.78 Å². The fourth-order valence-corrected chi connectivity index (χ4v) is 2.03. The van der Waals surface area contributed by atoms with Gasteiger partial charge in [0.05, 0.1) is 12.2 Å². The van der Waals surface area contributed by atoms with Crippen LogP contribution in [0.25, 0.3) is 0 Å². The molecule has 1 aliphatic rings. The van der Waals surface area contributed by atoms with Crippen molar-refractivity contribution in [2.45, 2.75) is 38.9 Å². The summed E-state index contributed by atoms with van der Waals surface area (Å²) in [7, 11) is 0. The second-order valence-corrected chi connectivity index (χ2v) is 4.55. The van der Waals surface area contributed by atoms with Gasteiger partial charge in [-0.1, -0.05) is 6.92 Å². The van der Waals surface area contributed by atoms with Crippen molar-refractivity contribution in [3.05, 3.63) is 29.1 Å². The highest BCUT2D eigenvalue weighted by molar-refractivity contribution is 5.98. The number of ketones is 1. The van der Waals surface area contributed by atoms with Crippen LogP contribution < -0.4 is 4.74 Å². The molecule has 1 heterocycles. The molecular weight excluding hydrogens is 273 g/mol. The number of carbonyl (C=O) groups is 1. The quantitative estimate of drug-likeness (QED) is 0.627. The molecule has 110 valence electrons. The summed E-state index contributed by atoms with van der Waals surface area (Å²) in [4.78, 5) is 11.7. The maximum atomic E-state index is 13.8. The Kier molecular flexibility index (Phi) is 4.65. The number of rotatable bonds is 4. The Labute approximate surface area is 114 Å². The van der Waals surface area contributed by atoms with Crippen LogP contribution in [-0.4, -0.2) is 18.7 Å². The molecule has 1 aromatic carbocycles. The van der Waals surface area contributed by atoms with E-state index in [1.54, 1.807) is 6.92 Å². The summed E-state index contributed by atoms with van der Waals surface area (Å²) < 4.78 is 50.9. The molecule has 0 saturated carbocycles. The van der Waals surface area contributed by atoms with E-state index in [0.717, 1.165) is 12.8 Å². The topological polar surface area (TPSA) is 35.5 Å². The van der Waals surface area contributed by atoms with E-state index < -0.39 is 35.3 Å². The second kappa shape index (κ2) is 6.26. The number of benzene rings is 1. The van der Waals surface area contributed by atoms with Crippen molar-refractivity contribution in [2.75, 3.05) is 6.61 Å². The maximum Gasteiger partial charge on any atom is 0.204 e. The Balaban J connectivity index is 2.37. The minimum absolute atomic E-state index is 0.0341. The molecule has 0 aliphatic carbocycles. The van der Waals surface area contributed by atoms with Crippen molar-refractivity contribution < 1.29 is 27.4 Å². The lowest BCUT2D eigenvalue weighted by atomic mass is 10.1. The monoisotopic (exact) mass is 288 g/mol. The van der Waals surface area contributed by atoms with E-state index in [0.29, 0.717) is 19.1 Å². The normalized spacial score (nSPS) is 18.9. The summed E-state index contributed by atoms with van der Waals surface area (Å²) in [5.41, 5.74) is -0.293. The molecule has 6 heteroatoms. The molecule has 1 atom stereocenters. The molecule has 3 nitrogen and oxygen atoms in total. The Morgan fingerprint density at radius 3 is 2.70 bits per heavy atom. The molecule has 1 aromatic rings. The third-order valence-electron chi connectivity index (χ3n) is 3.13. The fraction of sp³-hybridized carbons (Fsp3) is 0.500. The lowest BCUT2D eigenvalue weighted by Crippen LogP contribution is -2.26. The van der Waals surface area contributed by atoms with Crippen LogP contribution in [0.4, 0.5) is 13.2 Å². The molecule has 1 unspecified atom stereocenters. The van der Waals surface area contributed by atoms with E-state index in [9.17, 15) is 18.0 Å².